The van der Waals surface area contributed by atoms with Crippen molar-refractivity contribution in [3.63, 3.8) is 0 Å². The molecule has 242 valence electrons. The average molecular weight is 637 g/mol. The van der Waals surface area contributed by atoms with E-state index in [2.05, 4.69) is 45.0 Å². The van der Waals surface area contributed by atoms with E-state index in [0.717, 1.165) is 65.6 Å². The molecule has 0 saturated heterocycles. The van der Waals surface area contributed by atoms with Crippen molar-refractivity contribution in [2.45, 2.75) is 124 Å². The predicted octanol–water partition coefficient (Wildman–Crippen LogP) is 8.17. The van der Waals surface area contributed by atoms with Crippen molar-refractivity contribution >= 4 is 51.2 Å². The van der Waals surface area contributed by atoms with Gasteiger partial charge in [-0.15, -0.1) is 5.54 Å². The number of hydrogen-bond donors (Lipinski definition) is 0. The third-order valence-corrected chi connectivity index (χ3v) is 10.0. The summed E-state index contributed by atoms with van der Waals surface area (Å²) in [5.74, 6) is 3.44. The Kier molecular flexibility index (Phi) is 10.5. The van der Waals surface area contributed by atoms with Gasteiger partial charge < -0.3 is 0 Å². The first-order valence-corrected chi connectivity index (χ1v) is 20.9. The van der Waals surface area contributed by atoms with Gasteiger partial charge in [-0.3, -0.25) is 28.3 Å². The lowest BCUT2D eigenvalue weighted by molar-refractivity contribution is 0.547. The van der Waals surface area contributed by atoms with Gasteiger partial charge in [0.15, 0.2) is 0 Å². The van der Waals surface area contributed by atoms with Crippen molar-refractivity contribution in [2.24, 2.45) is 0 Å². The highest BCUT2D eigenvalue weighted by atomic mass is 28.3. The maximum Gasteiger partial charge on any atom is 0.261 e. The molecular weight excluding hydrogens is 589 g/mol. The number of rotatable bonds is 14. The van der Waals surface area contributed by atoms with E-state index in [1.54, 1.807) is 0 Å². The zero-order valence-corrected chi connectivity index (χ0v) is 29.3. The second-order valence-electron chi connectivity index (χ2n) is 14.0. The number of hydrogen-bond acceptors (Lipinski definition) is 4. The number of aromatic nitrogens is 2. The summed E-state index contributed by atoms with van der Waals surface area (Å²) in [6, 6.07) is 9.25. The van der Waals surface area contributed by atoms with E-state index < -0.39 is 8.07 Å². The van der Waals surface area contributed by atoms with Crippen molar-refractivity contribution in [1.82, 2.24) is 9.13 Å². The Balaban J connectivity index is 1.63. The molecule has 2 aromatic heterocycles. The molecule has 0 N–H and O–H groups in total. The summed E-state index contributed by atoms with van der Waals surface area (Å²) in [5.41, 5.74) is 3.23. The highest BCUT2D eigenvalue weighted by Crippen LogP contribution is 2.32. The molecule has 0 aliphatic heterocycles. The van der Waals surface area contributed by atoms with Crippen molar-refractivity contribution in [3.8, 4) is 11.5 Å². The SMILES string of the molecule is CCCCCCCCn1c(=O)c2cc3cc4cc5c(=O)n(CCCCCCCC)c(=O)c5cc4c(C#C[Si](C)(C)C)c3cc2c1=O. The molecule has 2 heterocycles. The average Bonchev–Trinajstić information content (AvgIpc) is 3.39. The van der Waals surface area contributed by atoms with Gasteiger partial charge in [0, 0.05) is 18.7 Å². The van der Waals surface area contributed by atoms with Crippen LogP contribution in [0.3, 0.4) is 0 Å². The summed E-state index contributed by atoms with van der Waals surface area (Å²) in [7, 11) is -1.80. The fourth-order valence-electron chi connectivity index (χ4n) is 6.58. The van der Waals surface area contributed by atoms with Crippen LogP contribution in [0.15, 0.2) is 49.5 Å². The van der Waals surface area contributed by atoms with Crippen LogP contribution in [0.5, 0.6) is 0 Å². The van der Waals surface area contributed by atoms with Crippen LogP contribution in [0.4, 0.5) is 0 Å². The maximum atomic E-state index is 13.5. The molecule has 46 heavy (non-hydrogen) atoms. The van der Waals surface area contributed by atoms with E-state index in [1.807, 2.05) is 30.3 Å². The molecule has 5 aromatic rings. The lowest BCUT2D eigenvalue weighted by Gasteiger charge is -2.09. The lowest BCUT2D eigenvalue weighted by atomic mass is 9.94. The van der Waals surface area contributed by atoms with Gasteiger partial charge in [0.1, 0.15) is 8.07 Å². The Labute approximate surface area is 272 Å². The van der Waals surface area contributed by atoms with Crippen LogP contribution in [0.25, 0.3) is 43.1 Å². The van der Waals surface area contributed by atoms with E-state index in [1.165, 1.54) is 47.7 Å². The molecule has 0 bridgehead atoms. The molecule has 6 nitrogen and oxygen atoms in total. The van der Waals surface area contributed by atoms with E-state index in [4.69, 9.17) is 0 Å². The summed E-state index contributed by atoms with van der Waals surface area (Å²) >= 11 is 0. The quantitative estimate of drug-likeness (QED) is 0.0533. The van der Waals surface area contributed by atoms with Gasteiger partial charge in [0.25, 0.3) is 22.2 Å². The van der Waals surface area contributed by atoms with Crippen LogP contribution in [0, 0.1) is 11.5 Å². The van der Waals surface area contributed by atoms with Crippen LogP contribution >= 0.6 is 0 Å². The van der Waals surface area contributed by atoms with Gasteiger partial charge in [-0.25, -0.2) is 0 Å². The van der Waals surface area contributed by atoms with Crippen LogP contribution in [-0.2, 0) is 13.1 Å². The topological polar surface area (TPSA) is 78.1 Å². The molecule has 7 heteroatoms. The van der Waals surface area contributed by atoms with Gasteiger partial charge in [-0.2, -0.15) is 0 Å². The molecule has 0 saturated carbocycles. The molecule has 5 rings (SSSR count). The van der Waals surface area contributed by atoms with E-state index >= 15 is 0 Å². The molecule has 0 aliphatic rings. The largest absolute Gasteiger partial charge is 0.274 e. The molecular formula is C39H48N2O4Si. The maximum absolute atomic E-state index is 13.5. The highest BCUT2D eigenvalue weighted by Gasteiger charge is 2.19. The van der Waals surface area contributed by atoms with Gasteiger partial charge in [0.2, 0.25) is 0 Å². The molecule has 0 atom stereocenters. The summed E-state index contributed by atoms with van der Waals surface area (Å²) in [4.78, 5) is 53.9. The Morgan fingerprint density at radius 2 is 0.870 bits per heavy atom. The monoisotopic (exact) mass is 636 g/mol. The lowest BCUT2D eigenvalue weighted by Crippen LogP contribution is -2.25. The standard InChI is InChI=1S/C39H48N2O4Si/c1-6-8-10-12-14-16-19-40-36(42)32-23-27-22-28-24-33-35(39(45)41(37(33)43)20-17-15-13-11-9-7-2)26-31(28)29(18-21-46(3,4)5)30(27)25-34(32)38(40)44/h22-26H,6-17,19-20H2,1-5H3. The van der Waals surface area contributed by atoms with Gasteiger partial charge in [-0.05, 0) is 64.7 Å². The van der Waals surface area contributed by atoms with E-state index in [9.17, 15) is 19.2 Å². The highest BCUT2D eigenvalue weighted by molar-refractivity contribution is 6.83. The summed E-state index contributed by atoms with van der Waals surface area (Å²) in [6.45, 7) is 11.7. The zero-order valence-electron chi connectivity index (χ0n) is 28.3. The molecule has 0 unspecified atom stereocenters. The summed E-state index contributed by atoms with van der Waals surface area (Å²) in [5, 5.41) is 4.85. The summed E-state index contributed by atoms with van der Waals surface area (Å²) in [6.07, 6.45) is 12.9. The Bertz CT molecular complexity index is 2030. The zero-order chi connectivity index (χ0) is 33.0. The van der Waals surface area contributed by atoms with E-state index in [0.29, 0.717) is 34.6 Å². The number of nitrogens with zero attached hydrogens (tertiary/aromatic N) is 2. The van der Waals surface area contributed by atoms with Gasteiger partial charge in [-0.1, -0.05) is 104 Å². The van der Waals surface area contributed by atoms with Crippen LogP contribution in [0.1, 0.15) is 96.5 Å². The number of benzene rings is 3. The first-order valence-electron chi connectivity index (χ1n) is 17.4. The van der Waals surface area contributed by atoms with Gasteiger partial charge >= 0.3 is 0 Å². The Hall–Kier alpha value is -3.76. The molecule has 0 radical (unpaired) electrons. The molecule has 3 aromatic carbocycles. The molecule has 0 fully saturated rings. The van der Waals surface area contributed by atoms with Crippen molar-refractivity contribution < 1.29 is 0 Å². The second kappa shape index (κ2) is 14.3. The Morgan fingerprint density at radius 1 is 0.500 bits per heavy atom. The predicted molar refractivity (Wildman–Crippen MR) is 197 cm³/mol. The van der Waals surface area contributed by atoms with Crippen LogP contribution in [-0.4, -0.2) is 17.2 Å². The first kappa shape index (κ1) is 33.6. The third kappa shape index (κ3) is 6.98. The number of fused-ring (bicyclic) bond motifs is 4. The van der Waals surface area contributed by atoms with Crippen LogP contribution in [0.2, 0.25) is 19.6 Å². The minimum Gasteiger partial charge on any atom is -0.274 e. The van der Waals surface area contributed by atoms with Crippen molar-refractivity contribution in [2.75, 3.05) is 0 Å². The van der Waals surface area contributed by atoms with E-state index in [-0.39, 0.29) is 22.2 Å². The molecule has 0 aliphatic carbocycles. The summed E-state index contributed by atoms with van der Waals surface area (Å²) < 4.78 is 2.78. The number of unbranched alkanes of at least 4 members (excludes halogenated alkanes) is 10. The minimum absolute atomic E-state index is 0.245. The fourth-order valence-corrected chi connectivity index (χ4v) is 7.08. The smallest absolute Gasteiger partial charge is 0.261 e. The van der Waals surface area contributed by atoms with Crippen LogP contribution < -0.4 is 22.2 Å². The second-order valence-corrected chi connectivity index (χ2v) is 18.8. The van der Waals surface area contributed by atoms with Gasteiger partial charge in [0.05, 0.1) is 21.5 Å². The first-order chi connectivity index (χ1) is 22.1. The minimum atomic E-state index is -1.80. The fraction of sp³-hybridized carbons (Fsp3) is 0.487. The molecule has 0 spiro atoms. The van der Waals surface area contributed by atoms with Crippen molar-refractivity contribution in [1.29, 1.82) is 0 Å². The normalized spacial score (nSPS) is 12.1. The molecule has 0 amide bonds. The third-order valence-electron chi connectivity index (χ3n) is 9.16. The van der Waals surface area contributed by atoms with Crippen molar-refractivity contribution in [3.05, 3.63) is 77.3 Å². The Morgan fingerprint density at radius 3 is 1.26 bits per heavy atom.